The number of halogens is 2. The summed E-state index contributed by atoms with van der Waals surface area (Å²) in [5, 5.41) is 10.6. The second-order valence-electron chi connectivity index (χ2n) is 8.07. The van der Waals surface area contributed by atoms with Crippen molar-refractivity contribution in [2.75, 3.05) is 42.1 Å². The van der Waals surface area contributed by atoms with E-state index in [9.17, 15) is 13.6 Å². The van der Waals surface area contributed by atoms with Gasteiger partial charge < -0.3 is 21.3 Å². The van der Waals surface area contributed by atoms with Gasteiger partial charge in [0.2, 0.25) is 0 Å². The van der Waals surface area contributed by atoms with Crippen molar-refractivity contribution in [2.24, 2.45) is 12.5 Å². The maximum absolute atomic E-state index is 14.1. The van der Waals surface area contributed by atoms with Gasteiger partial charge in [0.15, 0.2) is 11.5 Å². The number of thiazole rings is 1. The lowest BCUT2D eigenvalue weighted by Crippen LogP contribution is -2.58. The number of anilines is 3. The van der Waals surface area contributed by atoms with Crippen LogP contribution >= 0.6 is 11.3 Å². The Morgan fingerprint density at radius 1 is 1.32 bits per heavy atom. The van der Waals surface area contributed by atoms with Crippen molar-refractivity contribution in [3.63, 3.8) is 0 Å². The molecule has 0 radical (unpaired) electrons. The molecule has 4 heterocycles. The molecular formula is C20H21F2N7OS. The lowest BCUT2D eigenvalue weighted by atomic mass is 9.79. The molecule has 162 valence electrons. The Morgan fingerprint density at radius 3 is 2.74 bits per heavy atom. The van der Waals surface area contributed by atoms with Gasteiger partial charge in [0.25, 0.3) is 5.91 Å². The van der Waals surface area contributed by atoms with Crippen molar-refractivity contribution in [3.05, 3.63) is 41.7 Å². The van der Waals surface area contributed by atoms with Gasteiger partial charge in [-0.05, 0) is 25.1 Å². The molecule has 0 aliphatic carbocycles. The first-order valence-electron chi connectivity index (χ1n) is 9.87. The second-order valence-corrected chi connectivity index (χ2v) is 9.10. The predicted octanol–water partition coefficient (Wildman–Crippen LogP) is 2.46. The second kappa shape index (κ2) is 7.27. The molecule has 0 saturated carbocycles. The third kappa shape index (κ3) is 3.33. The zero-order chi connectivity index (χ0) is 21.8. The summed E-state index contributed by atoms with van der Waals surface area (Å²) in [6.45, 7) is 3.79. The van der Waals surface area contributed by atoms with Crippen LogP contribution < -0.4 is 21.3 Å². The fraction of sp³-hybridized carbons (Fsp3) is 0.350. The third-order valence-corrected chi connectivity index (χ3v) is 6.79. The number of hydrogen-bond donors (Lipinski definition) is 3. The molecule has 2 aromatic heterocycles. The Balaban J connectivity index is 1.38. The number of hydrogen-bond acceptors (Lipinski definition) is 7. The molecular weight excluding hydrogens is 424 g/mol. The van der Waals surface area contributed by atoms with Crippen LogP contribution in [-0.2, 0) is 7.05 Å². The molecule has 2 saturated heterocycles. The number of aryl methyl sites for hydroxylation is 1. The summed E-state index contributed by atoms with van der Waals surface area (Å²) >= 11 is 0.866. The number of nitrogens with two attached hydrogens (primary N) is 1. The normalized spacial score (nSPS) is 17.2. The van der Waals surface area contributed by atoms with Gasteiger partial charge in [-0.15, -0.1) is 0 Å². The van der Waals surface area contributed by atoms with E-state index < -0.39 is 17.5 Å². The average Bonchev–Trinajstić information content (AvgIpc) is 3.40. The van der Waals surface area contributed by atoms with Crippen LogP contribution in [0.5, 0.6) is 0 Å². The zero-order valence-corrected chi connectivity index (χ0v) is 17.6. The Kier molecular flexibility index (Phi) is 4.67. The molecule has 3 aromatic rings. The monoisotopic (exact) mass is 445 g/mol. The molecule has 1 amide bonds. The first-order valence-corrected chi connectivity index (χ1v) is 10.7. The van der Waals surface area contributed by atoms with E-state index in [0.717, 1.165) is 61.9 Å². The molecule has 1 spiro atoms. The molecule has 0 unspecified atom stereocenters. The Hall–Kier alpha value is -3.05. The van der Waals surface area contributed by atoms with Gasteiger partial charge in [0, 0.05) is 32.1 Å². The summed E-state index contributed by atoms with van der Waals surface area (Å²) in [6, 6.07) is 3.54. The summed E-state index contributed by atoms with van der Waals surface area (Å²) < 4.78 is 29.9. The van der Waals surface area contributed by atoms with Crippen molar-refractivity contribution < 1.29 is 13.6 Å². The minimum absolute atomic E-state index is 0.0167. The number of nitrogens with one attached hydrogen (secondary N) is 2. The molecule has 2 fully saturated rings. The lowest BCUT2D eigenvalue weighted by Gasteiger charge is -2.49. The summed E-state index contributed by atoms with van der Waals surface area (Å²) in [6.07, 6.45) is 2.71. The number of carbonyl (C=O) groups excluding carboxylic acids is 1. The number of nitrogen functional groups attached to an aromatic ring is 1. The van der Waals surface area contributed by atoms with Crippen molar-refractivity contribution in [2.45, 2.75) is 6.42 Å². The fourth-order valence-electron chi connectivity index (χ4n) is 4.36. The highest BCUT2D eigenvalue weighted by Gasteiger charge is 2.46. The van der Waals surface area contributed by atoms with Crippen LogP contribution in [0.3, 0.4) is 0 Å². The molecule has 8 nitrogen and oxygen atoms in total. The van der Waals surface area contributed by atoms with E-state index in [4.69, 9.17) is 5.73 Å². The molecule has 2 aliphatic rings. The Morgan fingerprint density at radius 2 is 2.06 bits per heavy atom. The number of aromatic nitrogens is 3. The van der Waals surface area contributed by atoms with Crippen LogP contribution in [-0.4, -0.2) is 46.9 Å². The SMILES string of the molecule is Cn1ncc(NC(=O)c2nc(-c3c(F)cccc3F)sc2N)c1N1CC2(CCNC2)C1. The highest BCUT2D eigenvalue weighted by atomic mass is 32.1. The molecule has 4 N–H and O–H groups in total. The average molecular weight is 445 g/mol. The summed E-state index contributed by atoms with van der Waals surface area (Å²) in [7, 11) is 1.82. The molecule has 1 aromatic carbocycles. The summed E-state index contributed by atoms with van der Waals surface area (Å²) in [5.41, 5.74) is 6.42. The van der Waals surface area contributed by atoms with E-state index in [0.29, 0.717) is 5.69 Å². The van der Waals surface area contributed by atoms with Crippen molar-refractivity contribution in [1.29, 1.82) is 0 Å². The standard InChI is InChI=1S/C20H21F2N7OS/c1-28-19(29-9-20(10-29)5-6-24-8-20)13(7-25-28)26-17(30)15-16(23)31-18(27-15)14-11(21)3-2-4-12(14)22/h2-4,7,24H,5-6,8-10,23H2,1H3,(H,26,30). The molecule has 5 rings (SSSR count). The molecule has 31 heavy (non-hydrogen) atoms. The molecule has 0 bridgehead atoms. The van der Waals surface area contributed by atoms with Gasteiger partial charge in [0.05, 0.1) is 11.8 Å². The quantitative estimate of drug-likeness (QED) is 0.570. The highest BCUT2D eigenvalue weighted by molar-refractivity contribution is 7.19. The smallest absolute Gasteiger partial charge is 0.277 e. The van der Waals surface area contributed by atoms with E-state index in [2.05, 4.69) is 25.6 Å². The maximum atomic E-state index is 14.1. The van der Waals surface area contributed by atoms with E-state index >= 15 is 0 Å². The topological polar surface area (TPSA) is 101 Å². The maximum Gasteiger partial charge on any atom is 0.277 e. The van der Waals surface area contributed by atoms with Crippen LogP contribution in [0.1, 0.15) is 16.9 Å². The van der Waals surface area contributed by atoms with Gasteiger partial charge in [-0.3, -0.25) is 9.48 Å². The summed E-state index contributed by atoms with van der Waals surface area (Å²) in [4.78, 5) is 19.2. The van der Waals surface area contributed by atoms with E-state index in [1.165, 1.54) is 6.07 Å². The number of rotatable bonds is 4. The van der Waals surface area contributed by atoms with Gasteiger partial charge in [-0.2, -0.15) is 5.10 Å². The minimum Gasteiger partial charge on any atom is -0.389 e. The van der Waals surface area contributed by atoms with E-state index in [1.54, 1.807) is 10.9 Å². The Bertz CT molecular complexity index is 1140. The fourth-order valence-corrected chi connectivity index (χ4v) is 5.24. The van der Waals surface area contributed by atoms with Crippen LogP contribution in [0.25, 0.3) is 10.6 Å². The minimum atomic E-state index is -0.761. The van der Waals surface area contributed by atoms with Gasteiger partial charge in [-0.1, -0.05) is 17.4 Å². The lowest BCUT2D eigenvalue weighted by molar-refractivity contribution is 0.102. The van der Waals surface area contributed by atoms with E-state index in [1.807, 2.05) is 7.05 Å². The van der Waals surface area contributed by atoms with Crippen LogP contribution in [0, 0.1) is 17.0 Å². The van der Waals surface area contributed by atoms with Gasteiger partial charge in [0.1, 0.15) is 27.3 Å². The first-order chi connectivity index (χ1) is 14.9. The molecule has 2 aliphatic heterocycles. The van der Waals surface area contributed by atoms with Gasteiger partial charge in [-0.25, -0.2) is 13.8 Å². The van der Waals surface area contributed by atoms with Crippen LogP contribution in [0.15, 0.2) is 24.4 Å². The zero-order valence-electron chi connectivity index (χ0n) is 16.8. The van der Waals surface area contributed by atoms with Gasteiger partial charge >= 0.3 is 0 Å². The first kappa shape index (κ1) is 19.9. The number of amides is 1. The number of benzene rings is 1. The highest BCUT2D eigenvalue weighted by Crippen LogP contribution is 2.41. The van der Waals surface area contributed by atoms with Crippen LogP contribution in [0.2, 0.25) is 0 Å². The van der Waals surface area contributed by atoms with Crippen molar-refractivity contribution >= 4 is 33.8 Å². The summed E-state index contributed by atoms with van der Waals surface area (Å²) in [5.74, 6) is -1.27. The predicted molar refractivity (Wildman–Crippen MR) is 115 cm³/mol. The Labute approximate surface area is 181 Å². The van der Waals surface area contributed by atoms with Crippen molar-refractivity contribution in [1.82, 2.24) is 20.1 Å². The largest absolute Gasteiger partial charge is 0.389 e. The third-order valence-electron chi connectivity index (χ3n) is 5.88. The van der Waals surface area contributed by atoms with E-state index in [-0.39, 0.29) is 26.7 Å². The number of carbonyl (C=O) groups is 1. The van der Waals surface area contributed by atoms with Crippen LogP contribution in [0.4, 0.5) is 25.3 Å². The molecule has 11 heteroatoms. The number of nitrogens with zero attached hydrogens (tertiary/aromatic N) is 4. The van der Waals surface area contributed by atoms with Crippen molar-refractivity contribution in [3.8, 4) is 10.6 Å². The molecule has 0 atom stereocenters.